The molecular weight excluding hydrogens is 423 g/mol. The summed E-state index contributed by atoms with van der Waals surface area (Å²) in [4.78, 5) is 37.4. The Bertz CT molecular complexity index is 1070. The van der Waals surface area contributed by atoms with Gasteiger partial charge < -0.3 is 15.7 Å². The first kappa shape index (κ1) is 23.7. The van der Waals surface area contributed by atoms with Crippen LogP contribution in [0.5, 0.6) is 0 Å². The monoisotopic (exact) mass is 448 g/mol. The van der Waals surface area contributed by atoms with Gasteiger partial charge in [-0.05, 0) is 28.8 Å². The van der Waals surface area contributed by atoms with Gasteiger partial charge in [0.1, 0.15) is 17.9 Å². The standard InChI is InChI=1S/C26H25FN2O4/c27-21-13-11-20(12-14-21)17-24(30)28-22(15-18-7-3-1-4-8-18)25(31)29-23(26(32)33)16-19-9-5-2-6-10-19/h1-14,22-23H,15-17H2,(H,28,30)(H,29,31)(H,32,33)/t22-,23-/m0/s1. The highest BCUT2D eigenvalue weighted by molar-refractivity contribution is 5.91. The molecule has 7 heteroatoms. The molecule has 3 aromatic rings. The lowest BCUT2D eigenvalue weighted by molar-refractivity contribution is -0.142. The third kappa shape index (κ3) is 7.57. The van der Waals surface area contributed by atoms with Gasteiger partial charge in [-0.25, -0.2) is 9.18 Å². The van der Waals surface area contributed by atoms with Crippen LogP contribution in [0.15, 0.2) is 84.9 Å². The van der Waals surface area contributed by atoms with Crippen LogP contribution in [0.3, 0.4) is 0 Å². The average Bonchev–Trinajstić information content (AvgIpc) is 2.81. The van der Waals surface area contributed by atoms with Crippen molar-refractivity contribution in [1.29, 1.82) is 0 Å². The first-order valence-electron chi connectivity index (χ1n) is 10.6. The summed E-state index contributed by atoms with van der Waals surface area (Å²) in [6, 6.07) is 21.5. The molecule has 170 valence electrons. The van der Waals surface area contributed by atoms with E-state index >= 15 is 0 Å². The molecule has 0 aromatic heterocycles. The fourth-order valence-electron chi connectivity index (χ4n) is 3.41. The molecule has 0 unspecified atom stereocenters. The highest BCUT2D eigenvalue weighted by Gasteiger charge is 2.27. The number of carbonyl (C=O) groups excluding carboxylic acids is 2. The van der Waals surface area contributed by atoms with E-state index in [0.717, 1.165) is 11.1 Å². The Morgan fingerprint density at radius 1 is 0.697 bits per heavy atom. The second-order valence-electron chi connectivity index (χ2n) is 7.70. The van der Waals surface area contributed by atoms with Crippen LogP contribution in [0.2, 0.25) is 0 Å². The van der Waals surface area contributed by atoms with Gasteiger partial charge in [-0.1, -0.05) is 72.8 Å². The van der Waals surface area contributed by atoms with Gasteiger partial charge in [-0.2, -0.15) is 0 Å². The van der Waals surface area contributed by atoms with Crippen molar-refractivity contribution in [3.63, 3.8) is 0 Å². The Labute approximate surface area is 191 Å². The quantitative estimate of drug-likeness (QED) is 0.445. The van der Waals surface area contributed by atoms with E-state index in [1.165, 1.54) is 24.3 Å². The van der Waals surface area contributed by atoms with Crippen molar-refractivity contribution in [2.45, 2.75) is 31.3 Å². The van der Waals surface area contributed by atoms with E-state index in [2.05, 4.69) is 10.6 Å². The number of carbonyl (C=O) groups is 3. The number of carboxylic acids is 1. The number of amides is 2. The van der Waals surface area contributed by atoms with E-state index in [4.69, 9.17) is 0 Å². The van der Waals surface area contributed by atoms with E-state index in [0.29, 0.717) is 5.56 Å². The summed E-state index contributed by atoms with van der Waals surface area (Å²) < 4.78 is 13.1. The molecule has 3 aromatic carbocycles. The van der Waals surface area contributed by atoms with Crippen LogP contribution in [0.25, 0.3) is 0 Å². The zero-order chi connectivity index (χ0) is 23.6. The van der Waals surface area contributed by atoms with Crippen molar-refractivity contribution >= 4 is 17.8 Å². The number of benzene rings is 3. The number of carboxylic acid groups (broad SMARTS) is 1. The van der Waals surface area contributed by atoms with Gasteiger partial charge in [0.15, 0.2) is 0 Å². The van der Waals surface area contributed by atoms with Gasteiger partial charge in [0.05, 0.1) is 6.42 Å². The van der Waals surface area contributed by atoms with Crippen LogP contribution < -0.4 is 10.6 Å². The van der Waals surface area contributed by atoms with Crippen LogP contribution in [0, 0.1) is 5.82 Å². The van der Waals surface area contributed by atoms with Crippen molar-refractivity contribution in [2.75, 3.05) is 0 Å². The van der Waals surface area contributed by atoms with E-state index in [1.807, 2.05) is 36.4 Å². The molecule has 0 fully saturated rings. The van der Waals surface area contributed by atoms with Crippen molar-refractivity contribution in [3.05, 3.63) is 107 Å². The molecule has 2 atom stereocenters. The molecule has 0 aliphatic carbocycles. The van der Waals surface area contributed by atoms with E-state index < -0.39 is 35.7 Å². The second kappa shape index (κ2) is 11.6. The van der Waals surface area contributed by atoms with Crippen molar-refractivity contribution < 1.29 is 23.9 Å². The van der Waals surface area contributed by atoms with Crippen LogP contribution in [0.4, 0.5) is 4.39 Å². The Hall–Kier alpha value is -4.00. The molecule has 2 amide bonds. The largest absolute Gasteiger partial charge is 0.480 e. The van der Waals surface area contributed by atoms with Gasteiger partial charge in [0, 0.05) is 12.8 Å². The minimum atomic E-state index is -1.16. The first-order chi connectivity index (χ1) is 15.9. The molecule has 0 saturated carbocycles. The average molecular weight is 448 g/mol. The number of hydrogen-bond acceptors (Lipinski definition) is 3. The molecule has 3 rings (SSSR count). The van der Waals surface area contributed by atoms with Gasteiger partial charge >= 0.3 is 5.97 Å². The normalized spacial score (nSPS) is 12.4. The third-order valence-corrected chi connectivity index (χ3v) is 5.11. The number of halogens is 1. The van der Waals surface area contributed by atoms with Crippen LogP contribution >= 0.6 is 0 Å². The minimum absolute atomic E-state index is 0.0365. The first-order valence-corrected chi connectivity index (χ1v) is 10.6. The third-order valence-electron chi connectivity index (χ3n) is 5.11. The molecule has 3 N–H and O–H groups in total. The molecule has 33 heavy (non-hydrogen) atoms. The van der Waals surface area contributed by atoms with Crippen LogP contribution in [0.1, 0.15) is 16.7 Å². The lowest BCUT2D eigenvalue weighted by Crippen LogP contribution is -2.53. The fourth-order valence-corrected chi connectivity index (χ4v) is 3.41. The van der Waals surface area contributed by atoms with Gasteiger partial charge in [-0.3, -0.25) is 9.59 Å². The van der Waals surface area contributed by atoms with Gasteiger partial charge in [-0.15, -0.1) is 0 Å². The van der Waals surface area contributed by atoms with E-state index in [1.54, 1.807) is 24.3 Å². The molecule has 6 nitrogen and oxygen atoms in total. The maximum absolute atomic E-state index is 13.1. The molecule has 0 heterocycles. The van der Waals surface area contributed by atoms with Crippen molar-refractivity contribution in [3.8, 4) is 0 Å². The number of hydrogen-bond donors (Lipinski definition) is 3. The number of aliphatic carboxylic acids is 1. The topological polar surface area (TPSA) is 95.5 Å². The Kier molecular flexibility index (Phi) is 8.30. The maximum Gasteiger partial charge on any atom is 0.326 e. The summed E-state index contributed by atoms with van der Waals surface area (Å²) in [6.45, 7) is 0. The smallest absolute Gasteiger partial charge is 0.326 e. The molecule has 0 saturated heterocycles. The zero-order valence-corrected chi connectivity index (χ0v) is 17.9. The molecule has 0 spiro atoms. The predicted octanol–water partition coefficient (Wildman–Crippen LogP) is 2.91. The highest BCUT2D eigenvalue weighted by Crippen LogP contribution is 2.08. The van der Waals surface area contributed by atoms with Gasteiger partial charge in [0.25, 0.3) is 0 Å². The minimum Gasteiger partial charge on any atom is -0.480 e. The second-order valence-corrected chi connectivity index (χ2v) is 7.70. The molecule has 0 bridgehead atoms. The summed E-state index contributed by atoms with van der Waals surface area (Å²) in [5, 5.41) is 14.9. The lowest BCUT2D eigenvalue weighted by Gasteiger charge is -2.22. The Balaban J connectivity index is 1.72. The maximum atomic E-state index is 13.1. The van der Waals surface area contributed by atoms with Crippen LogP contribution in [-0.4, -0.2) is 35.0 Å². The number of nitrogens with one attached hydrogen (secondary N) is 2. The Morgan fingerprint density at radius 2 is 1.21 bits per heavy atom. The summed E-state index contributed by atoms with van der Waals surface area (Å²) in [7, 11) is 0. The van der Waals surface area contributed by atoms with Crippen molar-refractivity contribution in [1.82, 2.24) is 10.6 Å². The predicted molar refractivity (Wildman–Crippen MR) is 122 cm³/mol. The van der Waals surface area contributed by atoms with Crippen molar-refractivity contribution in [2.24, 2.45) is 0 Å². The molecule has 0 aliphatic rings. The number of rotatable bonds is 10. The summed E-state index contributed by atoms with van der Waals surface area (Å²) in [5.41, 5.74) is 2.18. The van der Waals surface area contributed by atoms with E-state index in [9.17, 15) is 23.9 Å². The summed E-state index contributed by atoms with van der Waals surface area (Å²) in [5.74, 6) is -2.58. The summed E-state index contributed by atoms with van der Waals surface area (Å²) >= 11 is 0. The molecule has 0 aliphatic heterocycles. The lowest BCUT2D eigenvalue weighted by atomic mass is 10.0. The van der Waals surface area contributed by atoms with E-state index in [-0.39, 0.29) is 19.3 Å². The summed E-state index contributed by atoms with van der Waals surface area (Å²) in [6.07, 6.45) is 0.272. The highest BCUT2D eigenvalue weighted by atomic mass is 19.1. The molecular formula is C26H25FN2O4. The van der Waals surface area contributed by atoms with Gasteiger partial charge in [0.2, 0.25) is 11.8 Å². The SMILES string of the molecule is O=C(Cc1ccc(F)cc1)N[C@@H](Cc1ccccc1)C(=O)N[C@@H](Cc1ccccc1)C(=O)O. The Morgan fingerprint density at radius 3 is 1.73 bits per heavy atom. The zero-order valence-electron chi connectivity index (χ0n) is 17.9. The fraction of sp³-hybridized carbons (Fsp3) is 0.192. The molecule has 0 radical (unpaired) electrons. The van der Waals surface area contributed by atoms with Crippen LogP contribution in [-0.2, 0) is 33.6 Å².